The Morgan fingerprint density at radius 3 is 2.38 bits per heavy atom. The van der Waals surface area contributed by atoms with Crippen molar-refractivity contribution in [2.75, 3.05) is 17.1 Å². The highest BCUT2D eigenvalue weighted by Gasteiger charge is 2.21. The largest absolute Gasteiger partial charge is 0.497 e. The van der Waals surface area contributed by atoms with Crippen LogP contribution in [0.2, 0.25) is 5.02 Å². The fourth-order valence-electron chi connectivity index (χ4n) is 3.78. The molecule has 10 nitrogen and oxygen atoms in total. The van der Waals surface area contributed by atoms with Crippen LogP contribution in [0.4, 0.5) is 17.3 Å². The van der Waals surface area contributed by atoms with Gasteiger partial charge < -0.3 is 15.4 Å². The second-order valence-electron chi connectivity index (χ2n) is 8.52. The number of anilines is 3. The maximum absolute atomic E-state index is 13.5. The number of fused-ring (bicyclic) bond motifs is 1. The van der Waals surface area contributed by atoms with Gasteiger partial charge in [0.05, 0.1) is 46.0 Å². The van der Waals surface area contributed by atoms with E-state index in [0.29, 0.717) is 33.2 Å². The van der Waals surface area contributed by atoms with E-state index >= 15 is 0 Å². The first kappa shape index (κ1) is 26.9. The number of aromatic nitrogens is 3. The van der Waals surface area contributed by atoms with E-state index in [2.05, 4.69) is 30.3 Å². The molecule has 0 saturated heterocycles. The molecule has 3 N–H and O–H groups in total. The second-order valence-corrected chi connectivity index (χ2v) is 10.6. The molecule has 0 unspecified atom stereocenters. The van der Waals surface area contributed by atoms with Crippen LogP contribution in [0.1, 0.15) is 16.1 Å². The van der Waals surface area contributed by atoms with E-state index in [1.807, 2.05) is 6.07 Å². The maximum atomic E-state index is 13.5. The van der Waals surface area contributed by atoms with E-state index in [9.17, 15) is 13.2 Å². The van der Waals surface area contributed by atoms with Gasteiger partial charge in [-0.2, -0.15) is 0 Å². The number of para-hydroxylation sites is 2. The molecule has 0 atom stereocenters. The zero-order valence-electron chi connectivity index (χ0n) is 21.1. The Morgan fingerprint density at radius 2 is 1.65 bits per heavy atom. The van der Waals surface area contributed by atoms with Crippen molar-refractivity contribution in [3.63, 3.8) is 0 Å². The second kappa shape index (κ2) is 11.6. The standard InChI is InChI=1S/C28H23ClN6O4S/c1-39-20-12-13-22(29)25(16-20)34-26-27(33-24-11-3-2-10-23(24)32-26)35-40(37,38)21-9-6-7-18(15-21)28(36)31-17-19-8-4-5-14-30-19/h2-16H,17H2,1H3,(H,31,36)(H,32,34)(H,33,35). The van der Waals surface area contributed by atoms with E-state index in [0.717, 1.165) is 0 Å². The number of pyridine rings is 1. The van der Waals surface area contributed by atoms with Crippen molar-refractivity contribution < 1.29 is 17.9 Å². The Kier molecular flexibility index (Phi) is 7.76. The van der Waals surface area contributed by atoms with Crippen molar-refractivity contribution in [1.29, 1.82) is 0 Å². The Hall–Kier alpha value is -4.74. The number of methoxy groups -OCH3 is 1. The number of halogens is 1. The molecule has 0 fully saturated rings. The van der Waals surface area contributed by atoms with Crippen LogP contribution in [0, 0.1) is 0 Å². The minimum Gasteiger partial charge on any atom is -0.497 e. The highest BCUT2D eigenvalue weighted by atomic mass is 35.5. The lowest BCUT2D eigenvalue weighted by Gasteiger charge is -2.15. The molecule has 1 amide bonds. The number of amides is 1. The van der Waals surface area contributed by atoms with Gasteiger partial charge in [-0.3, -0.25) is 14.5 Å². The summed E-state index contributed by atoms with van der Waals surface area (Å²) in [6.45, 7) is 0.198. The lowest BCUT2D eigenvalue weighted by Crippen LogP contribution is -2.24. The highest BCUT2D eigenvalue weighted by molar-refractivity contribution is 7.92. The third-order valence-corrected chi connectivity index (χ3v) is 7.46. The Balaban J connectivity index is 1.45. The zero-order valence-corrected chi connectivity index (χ0v) is 22.7. The summed E-state index contributed by atoms with van der Waals surface area (Å²) in [5.74, 6) is 0.174. The summed E-state index contributed by atoms with van der Waals surface area (Å²) in [6.07, 6.45) is 1.63. The Labute approximate surface area is 235 Å². The first-order valence-corrected chi connectivity index (χ1v) is 13.9. The lowest BCUT2D eigenvalue weighted by molar-refractivity contribution is 0.0950. The van der Waals surface area contributed by atoms with Crippen LogP contribution in [-0.2, 0) is 16.6 Å². The topological polar surface area (TPSA) is 135 Å². The van der Waals surface area contributed by atoms with Gasteiger partial charge in [0.25, 0.3) is 15.9 Å². The fourth-order valence-corrected chi connectivity index (χ4v) is 5.00. The quantitative estimate of drug-likeness (QED) is 0.220. The van der Waals surface area contributed by atoms with Gasteiger partial charge in [-0.05, 0) is 54.6 Å². The van der Waals surface area contributed by atoms with Crippen molar-refractivity contribution in [3.8, 4) is 5.75 Å². The van der Waals surface area contributed by atoms with Crippen LogP contribution in [0.15, 0.2) is 96.0 Å². The van der Waals surface area contributed by atoms with Crippen molar-refractivity contribution >= 4 is 55.9 Å². The number of ether oxygens (including phenoxy) is 1. The fraction of sp³-hybridized carbons (Fsp3) is 0.0714. The molecule has 0 aliphatic rings. The van der Waals surface area contributed by atoms with E-state index in [-0.39, 0.29) is 28.6 Å². The predicted molar refractivity (Wildman–Crippen MR) is 153 cm³/mol. The van der Waals surface area contributed by atoms with Crippen molar-refractivity contribution in [2.45, 2.75) is 11.4 Å². The number of rotatable bonds is 9. The smallest absolute Gasteiger partial charge is 0.263 e. The summed E-state index contributed by atoms with van der Waals surface area (Å²) >= 11 is 6.37. The molecule has 0 aliphatic heterocycles. The number of nitrogens with zero attached hydrogens (tertiary/aromatic N) is 3. The van der Waals surface area contributed by atoms with Crippen molar-refractivity contribution in [3.05, 3.63) is 107 Å². The molecule has 0 saturated carbocycles. The molecule has 0 bridgehead atoms. The van der Waals surface area contributed by atoms with Crippen LogP contribution in [-0.4, -0.2) is 36.4 Å². The number of carbonyl (C=O) groups excluding carboxylic acids is 1. The molecule has 40 heavy (non-hydrogen) atoms. The van der Waals surface area contributed by atoms with Gasteiger partial charge in [-0.25, -0.2) is 18.4 Å². The summed E-state index contributed by atoms with van der Waals surface area (Å²) in [7, 11) is -2.66. The number of nitrogens with one attached hydrogen (secondary N) is 3. The normalized spacial score (nSPS) is 11.2. The van der Waals surface area contributed by atoms with Gasteiger partial charge in [0, 0.05) is 17.8 Å². The van der Waals surface area contributed by atoms with Gasteiger partial charge in [0.2, 0.25) is 0 Å². The SMILES string of the molecule is COc1ccc(Cl)c(Nc2nc3ccccc3nc2NS(=O)(=O)c2cccc(C(=O)NCc3ccccn3)c2)c1. The Bertz CT molecular complexity index is 1800. The molecule has 2 heterocycles. The summed E-state index contributed by atoms with van der Waals surface area (Å²) in [4.78, 5) is 25.8. The molecule has 5 rings (SSSR count). The van der Waals surface area contributed by atoms with Crippen LogP contribution >= 0.6 is 11.6 Å². The minimum atomic E-state index is -4.19. The number of sulfonamides is 1. The minimum absolute atomic E-state index is 0.0532. The summed E-state index contributed by atoms with van der Waals surface area (Å²) in [5, 5.41) is 6.17. The first-order valence-electron chi connectivity index (χ1n) is 12.0. The third kappa shape index (κ3) is 6.11. The number of hydrogen-bond acceptors (Lipinski definition) is 8. The number of hydrogen-bond donors (Lipinski definition) is 3. The molecular weight excluding hydrogens is 552 g/mol. The van der Waals surface area contributed by atoms with Crippen LogP contribution in [0.3, 0.4) is 0 Å². The van der Waals surface area contributed by atoms with E-state index < -0.39 is 15.9 Å². The molecule has 12 heteroatoms. The molecule has 0 spiro atoms. The molecule has 3 aromatic carbocycles. The molecule has 0 aliphatic carbocycles. The Morgan fingerprint density at radius 1 is 0.900 bits per heavy atom. The lowest BCUT2D eigenvalue weighted by atomic mass is 10.2. The molecular formula is C28H23ClN6O4S. The zero-order chi connectivity index (χ0) is 28.1. The molecule has 2 aromatic heterocycles. The van der Waals surface area contributed by atoms with Crippen LogP contribution < -0.4 is 20.1 Å². The van der Waals surface area contributed by atoms with Crippen molar-refractivity contribution in [2.24, 2.45) is 0 Å². The predicted octanol–water partition coefficient (Wildman–Crippen LogP) is 5.16. The maximum Gasteiger partial charge on any atom is 0.263 e. The average Bonchev–Trinajstić information content (AvgIpc) is 2.97. The first-order chi connectivity index (χ1) is 19.3. The van der Waals surface area contributed by atoms with Crippen molar-refractivity contribution in [1.82, 2.24) is 20.3 Å². The number of benzene rings is 3. The number of carbonyl (C=O) groups is 1. The highest BCUT2D eigenvalue weighted by Crippen LogP contribution is 2.32. The van der Waals surface area contributed by atoms with Gasteiger partial charge in [-0.1, -0.05) is 35.9 Å². The molecule has 5 aromatic rings. The summed E-state index contributed by atoms with van der Waals surface area (Å²) < 4.78 is 34.7. The summed E-state index contributed by atoms with van der Waals surface area (Å²) in [6, 6.07) is 23.1. The van der Waals surface area contributed by atoms with Gasteiger partial charge in [-0.15, -0.1) is 0 Å². The van der Waals surface area contributed by atoms with Gasteiger partial charge in [0.15, 0.2) is 11.6 Å². The van der Waals surface area contributed by atoms with E-state index in [4.69, 9.17) is 16.3 Å². The van der Waals surface area contributed by atoms with Crippen LogP contribution in [0.25, 0.3) is 11.0 Å². The van der Waals surface area contributed by atoms with Crippen LogP contribution in [0.5, 0.6) is 5.75 Å². The summed E-state index contributed by atoms with van der Waals surface area (Å²) in [5.41, 5.74) is 2.30. The van der Waals surface area contributed by atoms with E-state index in [1.54, 1.807) is 60.8 Å². The molecule has 0 radical (unpaired) electrons. The third-order valence-electron chi connectivity index (χ3n) is 5.79. The average molecular weight is 575 g/mol. The van der Waals surface area contributed by atoms with E-state index in [1.165, 1.54) is 31.4 Å². The molecule has 202 valence electrons. The van der Waals surface area contributed by atoms with Gasteiger partial charge >= 0.3 is 0 Å². The van der Waals surface area contributed by atoms with Gasteiger partial charge in [0.1, 0.15) is 5.75 Å². The monoisotopic (exact) mass is 574 g/mol.